The Morgan fingerprint density at radius 2 is 2.13 bits per heavy atom. The van der Waals surface area contributed by atoms with Crippen LogP contribution in [0.15, 0.2) is 24.3 Å². The van der Waals surface area contributed by atoms with Crippen molar-refractivity contribution in [3.05, 3.63) is 29.8 Å². The van der Waals surface area contributed by atoms with E-state index in [1.54, 1.807) is 0 Å². The number of likely N-dealkylation sites (tertiary alicyclic amines) is 1. The van der Waals surface area contributed by atoms with Crippen LogP contribution in [0, 0.1) is 0 Å². The van der Waals surface area contributed by atoms with Crippen molar-refractivity contribution in [2.75, 3.05) is 25.9 Å². The number of nitrogens with two attached hydrogens (primary N) is 1. The van der Waals surface area contributed by atoms with Crippen molar-refractivity contribution >= 4 is 5.69 Å². The number of nitrogens with zero attached hydrogens (tertiary/aromatic N) is 1. The van der Waals surface area contributed by atoms with Gasteiger partial charge in [0, 0.05) is 17.8 Å². The Morgan fingerprint density at radius 1 is 1.40 bits per heavy atom. The number of hydrogen-bond acceptors (Lipinski definition) is 3. The monoisotopic (exact) mass is 206 g/mol. The van der Waals surface area contributed by atoms with E-state index in [2.05, 4.69) is 4.90 Å². The number of rotatable bonds is 1. The number of aliphatic hydroxyl groups is 1. The van der Waals surface area contributed by atoms with Crippen molar-refractivity contribution in [3.63, 3.8) is 0 Å². The van der Waals surface area contributed by atoms with Crippen LogP contribution in [-0.4, -0.2) is 30.1 Å². The molecule has 1 fully saturated rings. The van der Waals surface area contributed by atoms with Gasteiger partial charge in [-0.25, -0.2) is 0 Å². The van der Waals surface area contributed by atoms with Gasteiger partial charge in [0.15, 0.2) is 0 Å². The van der Waals surface area contributed by atoms with Crippen LogP contribution < -0.4 is 5.73 Å². The highest BCUT2D eigenvalue weighted by atomic mass is 16.3. The van der Waals surface area contributed by atoms with Crippen molar-refractivity contribution in [1.29, 1.82) is 0 Å². The van der Waals surface area contributed by atoms with Crippen LogP contribution in [0.3, 0.4) is 0 Å². The second-order valence-electron chi connectivity index (χ2n) is 4.46. The van der Waals surface area contributed by atoms with Gasteiger partial charge in [-0.1, -0.05) is 18.2 Å². The summed E-state index contributed by atoms with van der Waals surface area (Å²) in [5, 5.41) is 10.6. The van der Waals surface area contributed by atoms with E-state index in [9.17, 15) is 5.11 Å². The number of piperidine rings is 1. The van der Waals surface area contributed by atoms with E-state index in [1.807, 2.05) is 31.3 Å². The fourth-order valence-electron chi connectivity index (χ4n) is 2.39. The van der Waals surface area contributed by atoms with Gasteiger partial charge in [-0.15, -0.1) is 0 Å². The lowest BCUT2D eigenvalue weighted by atomic mass is 9.85. The number of likely N-dealkylation sites (N-methyl/N-ethyl adjacent to an activating group) is 1. The van der Waals surface area contributed by atoms with E-state index in [0.717, 1.165) is 24.9 Å². The molecule has 0 aliphatic carbocycles. The first kappa shape index (κ1) is 10.5. The lowest BCUT2D eigenvalue weighted by Crippen LogP contribution is -2.44. The molecule has 82 valence electrons. The van der Waals surface area contributed by atoms with Crippen LogP contribution in [0.2, 0.25) is 0 Å². The van der Waals surface area contributed by atoms with Crippen LogP contribution in [0.4, 0.5) is 5.69 Å². The molecular formula is C12H18N2O. The van der Waals surface area contributed by atoms with E-state index < -0.39 is 5.60 Å². The Morgan fingerprint density at radius 3 is 2.80 bits per heavy atom. The summed E-state index contributed by atoms with van der Waals surface area (Å²) in [6, 6.07) is 7.60. The highest BCUT2D eigenvalue weighted by molar-refractivity contribution is 5.49. The van der Waals surface area contributed by atoms with Gasteiger partial charge in [0.2, 0.25) is 0 Å². The summed E-state index contributed by atoms with van der Waals surface area (Å²) in [6.45, 7) is 1.72. The van der Waals surface area contributed by atoms with Gasteiger partial charge in [-0.3, -0.25) is 0 Å². The molecular weight excluding hydrogens is 188 g/mol. The molecule has 1 atom stereocenters. The van der Waals surface area contributed by atoms with Gasteiger partial charge < -0.3 is 15.7 Å². The van der Waals surface area contributed by atoms with Crippen LogP contribution in [-0.2, 0) is 5.60 Å². The minimum absolute atomic E-state index is 0.668. The molecule has 0 radical (unpaired) electrons. The van der Waals surface area contributed by atoms with Crippen molar-refractivity contribution in [3.8, 4) is 0 Å². The van der Waals surface area contributed by atoms with Crippen molar-refractivity contribution in [2.24, 2.45) is 0 Å². The van der Waals surface area contributed by atoms with Gasteiger partial charge in [-0.2, -0.15) is 0 Å². The molecule has 1 aromatic rings. The summed E-state index contributed by atoms with van der Waals surface area (Å²) in [5.74, 6) is 0. The topological polar surface area (TPSA) is 49.5 Å². The number of β-amino-alcohol motifs (C(OH)–C–C–N with tert-alkyl or cyclic N) is 1. The average Bonchev–Trinajstić information content (AvgIpc) is 2.17. The largest absolute Gasteiger partial charge is 0.398 e. The van der Waals surface area contributed by atoms with E-state index >= 15 is 0 Å². The molecule has 3 N–H and O–H groups in total. The average molecular weight is 206 g/mol. The molecule has 1 heterocycles. The molecule has 3 nitrogen and oxygen atoms in total. The van der Waals surface area contributed by atoms with Crippen LogP contribution in [0.5, 0.6) is 0 Å². The maximum absolute atomic E-state index is 10.6. The number of hydrogen-bond donors (Lipinski definition) is 2. The third-order valence-electron chi connectivity index (χ3n) is 3.12. The highest BCUT2D eigenvalue weighted by Gasteiger charge is 2.34. The summed E-state index contributed by atoms with van der Waals surface area (Å²) in [6.07, 6.45) is 1.81. The zero-order valence-corrected chi connectivity index (χ0v) is 9.11. The molecule has 0 bridgehead atoms. The standard InChI is InChI=1S/C12H18N2O/c1-14-8-4-7-12(15,9-14)10-5-2-3-6-11(10)13/h2-3,5-6,15H,4,7-9,13H2,1H3. The van der Waals surface area contributed by atoms with Gasteiger partial charge in [0.25, 0.3) is 0 Å². The van der Waals surface area contributed by atoms with E-state index in [1.165, 1.54) is 0 Å². The Balaban J connectivity index is 2.32. The quantitative estimate of drug-likeness (QED) is 0.678. The summed E-state index contributed by atoms with van der Waals surface area (Å²) in [7, 11) is 2.03. The fourth-order valence-corrected chi connectivity index (χ4v) is 2.39. The smallest absolute Gasteiger partial charge is 0.104 e. The molecule has 0 amide bonds. The third-order valence-corrected chi connectivity index (χ3v) is 3.12. The number of nitrogen functional groups attached to an aromatic ring is 1. The molecule has 1 aliphatic rings. The zero-order chi connectivity index (χ0) is 10.9. The minimum Gasteiger partial charge on any atom is -0.398 e. The van der Waals surface area contributed by atoms with Gasteiger partial charge in [0.1, 0.15) is 5.60 Å². The zero-order valence-electron chi connectivity index (χ0n) is 9.11. The Labute approximate surface area is 90.5 Å². The molecule has 15 heavy (non-hydrogen) atoms. The van der Waals surface area contributed by atoms with Crippen LogP contribution in [0.1, 0.15) is 18.4 Å². The normalized spacial score (nSPS) is 27.9. The molecule has 0 aromatic heterocycles. The fraction of sp³-hybridized carbons (Fsp3) is 0.500. The molecule has 0 saturated carbocycles. The summed E-state index contributed by atoms with van der Waals surface area (Å²) in [5.41, 5.74) is 6.70. The summed E-state index contributed by atoms with van der Waals surface area (Å²) >= 11 is 0. The van der Waals surface area contributed by atoms with E-state index in [-0.39, 0.29) is 0 Å². The number of benzene rings is 1. The predicted molar refractivity (Wildman–Crippen MR) is 61.5 cm³/mol. The molecule has 2 rings (SSSR count). The van der Waals surface area contributed by atoms with Crippen LogP contribution in [0.25, 0.3) is 0 Å². The summed E-state index contributed by atoms with van der Waals surface area (Å²) < 4.78 is 0. The summed E-state index contributed by atoms with van der Waals surface area (Å²) in [4.78, 5) is 2.15. The second-order valence-corrected chi connectivity index (χ2v) is 4.46. The Hall–Kier alpha value is -1.06. The SMILES string of the molecule is CN1CCCC(O)(c2ccccc2N)C1. The van der Waals surface area contributed by atoms with Crippen molar-refractivity contribution in [1.82, 2.24) is 4.90 Å². The minimum atomic E-state index is -0.766. The van der Waals surface area contributed by atoms with Gasteiger partial charge in [-0.05, 0) is 32.5 Å². The first-order valence-corrected chi connectivity index (χ1v) is 5.38. The van der Waals surface area contributed by atoms with E-state index in [0.29, 0.717) is 12.2 Å². The van der Waals surface area contributed by atoms with Crippen LogP contribution >= 0.6 is 0 Å². The Bertz CT molecular complexity index is 353. The predicted octanol–water partition coefficient (Wildman–Crippen LogP) is 1.18. The molecule has 1 saturated heterocycles. The molecule has 1 aromatic carbocycles. The number of anilines is 1. The first-order valence-electron chi connectivity index (χ1n) is 5.38. The first-order chi connectivity index (χ1) is 7.12. The Kier molecular flexibility index (Phi) is 2.67. The third kappa shape index (κ3) is 1.98. The van der Waals surface area contributed by atoms with Crippen molar-refractivity contribution < 1.29 is 5.11 Å². The molecule has 3 heteroatoms. The lowest BCUT2D eigenvalue weighted by molar-refractivity contribution is -0.0271. The highest BCUT2D eigenvalue weighted by Crippen LogP contribution is 2.33. The van der Waals surface area contributed by atoms with Gasteiger partial charge >= 0.3 is 0 Å². The van der Waals surface area contributed by atoms with Crippen molar-refractivity contribution in [2.45, 2.75) is 18.4 Å². The molecule has 1 unspecified atom stereocenters. The van der Waals surface area contributed by atoms with Gasteiger partial charge in [0.05, 0.1) is 0 Å². The maximum Gasteiger partial charge on any atom is 0.104 e. The maximum atomic E-state index is 10.6. The lowest BCUT2D eigenvalue weighted by Gasteiger charge is -2.38. The van der Waals surface area contributed by atoms with E-state index in [4.69, 9.17) is 5.73 Å². The second kappa shape index (κ2) is 3.83. The molecule has 0 spiro atoms. The molecule has 1 aliphatic heterocycles. The number of para-hydroxylation sites is 1.